The van der Waals surface area contributed by atoms with E-state index in [1.165, 1.54) is 4.90 Å². The lowest BCUT2D eigenvalue weighted by Crippen LogP contribution is -2.30. The Hall–Kier alpha value is -2.06. The molecular formula is C14H18F3N5O. The van der Waals surface area contributed by atoms with Crippen molar-refractivity contribution in [2.45, 2.75) is 37.5 Å². The number of likely N-dealkylation sites (tertiary alicyclic amines) is 1. The maximum atomic E-state index is 13.0. The quantitative estimate of drug-likeness (QED) is 0.912. The van der Waals surface area contributed by atoms with Gasteiger partial charge in [-0.25, -0.2) is 4.98 Å². The smallest absolute Gasteiger partial charge is 0.363 e. The molecule has 1 aromatic heterocycles. The predicted molar refractivity (Wildman–Crippen MR) is 78.1 cm³/mol. The first-order chi connectivity index (χ1) is 10.7. The zero-order chi connectivity index (χ0) is 16.8. The van der Waals surface area contributed by atoms with Gasteiger partial charge in [0.05, 0.1) is 6.04 Å². The Morgan fingerprint density at radius 3 is 2.57 bits per heavy atom. The van der Waals surface area contributed by atoms with Crippen LogP contribution in [0.1, 0.15) is 25.0 Å². The summed E-state index contributed by atoms with van der Waals surface area (Å²) >= 11 is 0. The van der Waals surface area contributed by atoms with Gasteiger partial charge < -0.3 is 15.1 Å². The van der Waals surface area contributed by atoms with Crippen molar-refractivity contribution in [3.63, 3.8) is 0 Å². The minimum absolute atomic E-state index is 0.0322. The summed E-state index contributed by atoms with van der Waals surface area (Å²) in [6, 6.07) is 0.942. The van der Waals surface area contributed by atoms with Crippen molar-refractivity contribution in [3.8, 4) is 0 Å². The molecule has 2 heterocycles. The van der Waals surface area contributed by atoms with Crippen molar-refractivity contribution in [1.82, 2.24) is 14.9 Å². The molecule has 0 spiro atoms. The summed E-state index contributed by atoms with van der Waals surface area (Å²) in [5, 5.41) is 2.88. The molecule has 1 unspecified atom stereocenters. The van der Waals surface area contributed by atoms with Crippen molar-refractivity contribution < 1.29 is 18.0 Å². The molecular weight excluding hydrogens is 311 g/mol. The van der Waals surface area contributed by atoms with Gasteiger partial charge in [0, 0.05) is 39.2 Å². The van der Waals surface area contributed by atoms with E-state index in [0.717, 1.165) is 18.9 Å². The van der Waals surface area contributed by atoms with E-state index in [-0.39, 0.29) is 30.1 Å². The molecule has 1 saturated heterocycles. The molecule has 1 aliphatic heterocycles. The maximum absolute atomic E-state index is 13.0. The third kappa shape index (κ3) is 3.48. The van der Waals surface area contributed by atoms with Gasteiger partial charge >= 0.3 is 6.18 Å². The van der Waals surface area contributed by atoms with Crippen LogP contribution in [0.25, 0.3) is 0 Å². The first kappa shape index (κ1) is 15.8. The number of aromatic nitrogens is 2. The number of halogens is 3. The fraction of sp³-hybridized carbons (Fsp3) is 0.643. The molecule has 1 amide bonds. The van der Waals surface area contributed by atoms with Crippen LogP contribution in [-0.4, -0.2) is 53.5 Å². The number of alkyl halides is 3. The monoisotopic (exact) mass is 329 g/mol. The summed E-state index contributed by atoms with van der Waals surface area (Å²) in [6.07, 6.45) is -2.28. The minimum Gasteiger partial charge on any atom is -0.363 e. The molecule has 23 heavy (non-hydrogen) atoms. The highest BCUT2D eigenvalue weighted by atomic mass is 19.4. The van der Waals surface area contributed by atoms with Crippen LogP contribution >= 0.6 is 0 Å². The standard InChI is InChI=1S/C14H18F3N5O/c1-21(2)11-6-10(14(15,16)17)19-13(20-11)18-8-5-12(23)22(7-8)9-3-4-9/h6,8-9H,3-5,7H2,1-2H3,(H,18,19,20). The van der Waals surface area contributed by atoms with Crippen LogP contribution in [0.5, 0.6) is 0 Å². The lowest BCUT2D eigenvalue weighted by molar-refractivity contribution is -0.141. The van der Waals surface area contributed by atoms with E-state index in [4.69, 9.17) is 0 Å². The van der Waals surface area contributed by atoms with Crippen molar-refractivity contribution in [3.05, 3.63) is 11.8 Å². The summed E-state index contributed by atoms with van der Waals surface area (Å²) in [5.74, 6) is 0.0991. The SMILES string of the molecule is CN(C)c1cc(C(F)(F)F)nc(NC2CC(=O)N(C3CC3)C2)n1. The number of nitrogens with zero attached hydrogens (tertiary/aromatic N) is 4. The van der Waals surface area contributed by atoms with E-state index in [2.05, 4.69) is 15.3 Å². The van der Waals surface area contributed by atoms with Crippen LogP contribution in [0.15, 0.2) is 6.07 Å². The molecule has 126 valence electrons. The number of amides is 1. The molecule has 2 fully saturated rings. The van der Waals surface area contributed by atoms with E-state index in [1.807, 2.05) is 0 Å². The van der Waals surface area contributed by atoms with Crippen LogP contribution < -0.4 is 10.2 Å². The highest BCUT2D eigenvalue weighted by molar-refractivity contribution is 5.80. The molecule has 2 aliphatic rings. The lowest BCUT2D eigenvalue weighted by Gasteiger charge is -2.18. The van der Waals surface area contributed by atoms with Crippen LogP contribution in [0.2, 0.25) is 0 Å². The van der Waals surface area contributed by atoms with Crippen molar-refractivity contribution in [2.75, 3.05) is 30.9 Å². The normalized spacial score (nSPS) is 21.7. The van der Waals surface area contributed by atoms with E-state index in [1.54, 1.807) is 19.0 Å². The molecule has 0 bridgehead atoms. The third-order valence-corrected chi connectivity index (χ3v) is 3.94. The van der Waals surface area contributed by atoms with E-state index < -0.39 is 11.9 Å². The number of nitrogens with one attached hydrogen (secondary N) is 1. The molecule has 1 N–H and O–H groups in total. The molecule has 9 heteroatoms. The molecule has 0 radical (unpaired) electrons. The van der Waals surface area contributed by atoms with Crippen molar-refractivity contribution in [2.24, 2.45) is 0 Å². The van der Waals surface area contributed by atoms with E-state index >= 15 is 0 Å². The molecule has 1 aliphatic carbocycles. The zero-order valence-electron chi connectivity index (χ0n) is 12.9. The van der Waals surface area contributed by atoms with Gasteiger partial charge in [0.15, 0.2) is 5.69 Å². The van der Waals surface area contributed by atoms with E-state index in [0.29, 0.717) is 12.6 Å². The second kappa shape index (κ2) is 5.54. The summed E-state index contributed by atoms with van der Waals surface area (Å²) in [6.45, 7) is 0.487. The molecule has 1 atom stereocenters. The Bertz CT molecular complexity index is 615. The van der Waals surface area contributed by atoms with Crippen LogP contribution in [0.3, 0.4) is 0 Å². The molecule has 1 aromatic rings. The summed E-state index contributed by atoms with van der Waals surface area (Å²) < 4.78 is 38.9. The van der Waals surface area contributed by atoms with Crippen LogP contribution in [0, 0.1) is 0 Å². The summed E-state index contributed by atoms with van der Waals surface area (Å²) in [5.41, 5.74) is -0.998. The lowest BCUT2D eigenvalue weighted by atomic mass is 10.2. The van der Waals surface area contributed by atoms with Gasteiger partial charge in [-0.1, -0.05) is 0 Å². The molecule has 6 nitrogen and oxygen atoms in total. The number of carbonyl (C=O) groups is 1. The van der Waals surface area contributed by atoms with Gasteiger partial charge in [-0.15, -0.1) is 0 Å². The zero-order valence-corrected chi connectivity index (χ0v) is 12.9. The average molecular weight is 329 g/mol. The Morgan fingerprint density at radius 2 is 2.00 bits per heavy atom. The number of anilines is 2. The van der Waals surface area contributed by atoms with Crippen LogP contribution in [0.4, 0.5) is 24.9 Å². The van der Waals surface area contributed by atoms with Gasteiger partial charge in [0.1, 0.15) is 5.82 Å². The number of hydrogen-bond acceptors (Lipinski definition) is 5. The maximum Gasteiger partial charge on any atom is 0.433 e. The Morgan fingerprint density at radius 1 is 1.30 bits per heavy atom. The Labute approximate surface area is 131 Å². The van der Waals surface area contributed by atoms with Crippen LogP contribution in [-0.2, 0) is 11.0 Å². The second-order valence-electron chi connectivity index (χ2n) is 6.15. The van der Waals surface area contributed by atoms with Crippen molar-refractivity contribution in [1.29, 1.82) is 0 Å². The first-order valence-electron chi connectivity index (χ1n) is 7.43. The third-order valence-electron chi connectivity index (χ3n) is 3.94. The van der Waals surface area contributed by atoms with Gasteiger partial charge in [-0.2, -0.15) is 18.2 Å². The molecule has 0 aromatic carbocycles. The number of hydrogen-bond donors (Lipinski definition) is 1. The first-order valence-corrected chi connectivity index (χ1v) is 7.43. The number of carbonyl (C=O) groups excluding carboxylic acids is 1. The largest absolute Gasteiger partial charge is 0.433 e. The van der Waals surface area contributed by atoms with Gasteiger partial charge in [0.25, 0.3) is 0 Å². The van der Waals surface area contributed by atoms with Gasteiger partial charge in [-0.3, -0.25) is 4.79 Å². The fourth-order valence-corrected chi connectivity index (χ4v) is 2.62. The average Bonchev–Trinajstić information content (AvgIpc) is 3.22. The summed E-state index contributed by atoms with van der Waals surface area (Å²) in [4.78, 5) is 22.8. The fourth-order valence-electron chi connectivity index (χ4n) is 2.62. The highest BCUT2D eigenvalue weighted by Crippen LogP contribution is 2.32. The predicted octanol–water partition coefficient (Wildman–Crippen LogP) is 1.74. The topological polar surface area (TPSA) is 61.4 Å². The minimum atomic E-state index is -4.55. The Balaban J connectivity index is 1.79. The molecule has 1 saturated carbocycles. The summed E-state index contributed by atoms with van der Waals surface area (Å²) in [7, 11) is 3.22. The van der Waals surface area contributed by atoms with Gasteiger partial charge in [0.2, 0.25) is 11.9 Å². The second-order valence-corrected chi connectivity index (χ2v) is 6.15. The highest BCUT2D eigenvalue weighted by Gasteiger charge is 2.40. The van der Waals surface area contributed by atoms with Crippen molar-refractivity contribution >= 4 is 17.7 Å². The number of rotatable bonds is 4. The van der Waals surface area contributed by atoms with Gasteiger partial charge in [-0.05, 0) is 12.8 Å². The van der Waals surface area contributed by atoms with E-state index in [9.17, 15) is 18.0 Å². The Kier molecular flexibility index (Phi) is 3.81. The molecule has 3 rings (SSSR count).